The van der Waals surface area contributed by atoms with Crippen molar-refractivity contribution in [3.05, 3.63) is 52.6 Å². The molecule has 6 nitrogen and oxygen atoms in total. The van der Waals surface area contributed by atoms with Crippen LogP contribution < -0.4 is 10.5 Å². The standard InChI is InChI=1S/C20H21N5O/c1-2-11-24-15-21-18-17(19(24)26)25(14-16-9-5-3-6-10-16)20(22-18)23-12-7-4-8-13-23/h1,3,5-6,9-10,15H,4,7-8,11-14H2. The van der Waals surface area contributed by atoms with Gasteiger partial charge in [0.05, 0.1) is 13.1 Å². The van der Waals surface area contributed by atoms with Crippen molar-refractivity contribution in [2.75, 3.05) is 18.0 Å². The van der Waals surface area contributed by atoms with Gasteiger partial charge in [0.1, 0.15) is 6.33 Å². The second-order valence-corrected chi connectivity index (χ2v) is 6.59. The highest BCUT2D eigenvalue weighted by Crippen LogP contribution is 2.23. The van der Waals surface area contributed by atoms with Crippen molar-refractivity contribution in [3.63, 3.8) is 0 Å². The summed E-state index contributed by atoms with van der Waals surface area (Å²) in [5, 5.41) is 0. The number of fused-ring (bicyclic) bond motifs is 1. The summed E-state index contributed by atoms with van der Waals surface area (Å²) in [7, 11) is 0. The summed E-state index contributed by atoms with van der Waals surface area (Å²) in [6.07, 6.45) is 10.4. The summed E-state index contributed by atoms with van der Waals surface area (Å²) in [5.74, 6) is 3.34. The average Bonchev–Trinajstić information content (AvgIpc) is 3.05. The Bertz CT molecular complexity index is 1010. The quantitative estimate of drug-likeness (QED) is 0.680. The van der Waals surface area contributed by atoms with Crippen LogP contribution in [0.15, 0.2) is 41.5 Å². The zero-order valence-electron chi connectivity index (χ0n) is 14.6. The maximum Gasteiger partial charge on any atom is 0.280 e. The van der Waals surface area contributed by atoms with Crippen LogP contribution in [0.25, 0.3) is 11.2 Å². The van der Waals surface area contributed by atoms with E-state index in [1.54, 1.807) is 0 Å². The van der Waals surface area contributed by atoms with Crippen LogP contribution in [0.5, 0.6) is 0 Å². The van der Waals surface area contributed by atoms with E-state index in [9.17, 15) is 4.79 Å². The molecular weight excluding hydrogens is 326 g/mol. The van der Waals surface area contributed by atoms with E-state index in [1.807, 2.05) is 22.8 Å². The summed E-state index contributed by atoms with van der Waals surface area (Å²) in [6, 6.07) is 10.1. The van der Waals surface area contributed by atoms with E-state index in [-0.39, 0.29) is 12.1 Å². The van der Waals surface area contributed by atoms with E-state index in [0.29, 0.717) is 17.7 Å². The molecule has 0 saturated carbocycles. The van der Waals surface area contributed by atoms with Gasteiger partial charge in [-0.05, 0) is 24.8 Å². The molecule has 1 aliphatic rings. The predicted molar refractivity (Wildman–Crippen MR) is 102 cm³/mol. The number of rotatable bonds is 4. The van der Waals surface area contributed by atoms with Crippen molar-refractivity contribution in [2.45, 2.75) is 32.4 Å². The summed E-state index contributed by atoms with van der Waals surface area (Å²) in [5.41, 5.74) is 1.99. The van der Waals surface area contributed by atoms with Gasteiger partial charge in [0, 0.05) is 13.1 Å². The fourth-order valence-electron chi connectivity index (χ4n) is 3.50. The summed E-state index contributed by atoms with van der Waals surface area (Å²) in [6.45, 7) is 2.70. The smallest absolute Gasteiger partial charge is 0.280 e. The molecule has 0 N–H and O–H groups in total. The summed E-state index contributed by atoms with van der Waals surface area (Å²) >= 11 is 0. The van der Waals surface area contributed by atoms with Gasteiger partial charge in [0.2, 0.25) is 5.95 Å². The highest BCUT2D eigenvalue weighted by atomic mass is 16.1. The van der Waals surface area contributed by atoms with E-state index in [0.717, 1.165) is 37.4 Å². The zero-order chi connectivity index (χ0) is 17.9. The first-order valence-corrected chi connectivity index (χ1v) is 8.96. The Labute approximate surface area is 152 Å². The Morgan fingerprint density at radius 3 is 2.62 bits per heavy atom. The number of anilines is 1. The average molecular weight is 347 g/mol. The number of benzene rings is 1. The van der Waals surface area contributed by atoms with Crippen LogP contribution in [-0.4, -0.2) is 32.2 Å². The minimum absolute atomic E-state index is 0.139. The normalized spacial score (nSPS) is 14.5. The molecule has 3 heterocycles. The van der Waals surface area contributed by atoms with Gasteiger partial charge in [-0.25, -0.2) is 4.98 Å². The minimum atomic E-state index is -0.139. The van der Waals surface area contributed by atoms with E-state index in [2.05, 4.69) is 27.9 Å². The third-order valence-electron chi connectivity index (χ3n) is 4.80. The van der Waals surface area contributed by atoms with Crippen molar-refractivity contribution in [2.24, 2.45) is 0 Å². The van der Waals surface area contributed by atoms with Crippen LogP contribution in [-0.2, 0) is 13.1 Å². The third kappa shape index (κ3) is 2.97. The first-order chi connectivity index (χ1) is 12.8. The molecule has 26 heavy (non-hydrogen) atoms. The molecule has 3 aromatic rings. The van der Waals surface area contributed by atoms with Gasteiger partial charge in [0.15, 0.2) is 11.2 Å². The molecule has 2 aromatic heterocycles. The molecular formula is C20H21N5O. The fraction of sp³-hybridized carbons (Fsp3) is 0.350. The lowest BCUT2D eigenvalue weighted by atomic mass is 10.1. The van der Waals surface area contributed by atoms with Crippen molar-refractivity contribution >= 4 is 17.1 Å². The molecule has 1 aromatic carbocycles. The Morgan fingerprint density at radius 1 is 1.12 bits per heavy atom. The van der Waals surface area contributed by atoms with Gasteiger partial charge in [-0.3, -0.25) is 13.9 Å². The number of imidazole rings is 1. The van der Waals surface area contributed by atoms with Gasteiger partial charge < -0.3 is 4.90 Å². The fourth-order valence-corrected chi connectivity index (χ4v) is 3.50. The Balaban J connectivity index is 1.89. The van der Waals surface area contributed by atoms with Crippen molar-refractivity contribution < 1.29 is 0 Å². The van der Waals surface area contributed by atoms with Gasteiger partial charge >= 0.3 is 0 Å². The van der Waals surface area contributed by atoms with Crippen molar-refractivity contribution in [1.82, 2.24) is 19.1 Å². The second kappa shape index (κ2) is 7.04. The molecule has 1 saturated heterocycles. The first kappa shape index (κ1) is 16.4. The first-order valence-electron chi connectivity index (χ1n) is 8.96. The van der Waals surface area contributed by atoms with Crippen molar-refractivity contribution in [3.8, 4) is 12.3 Å². The lowest BCUT2D eigenvalue weighted by molar-refractivity contribution is 0.560. The van der Waals surface area contributed by atoms with Crippen LogP contribution in [0.3, 0.4) is 0 Å². The van der Waals surface area contributed by atoms with Crippen molar-refractivity contribution in [1.29, 1.82) is 0 Å². The summed E-state index contributed by atoms with van der Waals surface area (Å²) < 4.78 is 3.46. The predicted octanol–water partition coefficient (Wildman–Crippen LogP) is 2.26. The highest BCUT2D eigenvalue weighted by Gasteiger charge is 2.22. The second-order valence-electron chi connectivity index (χ2n) is 6.59. The van der Waals surface area contributed by atoms with E-state index < -0.39 is 0 Å². The molecule has 6 heteroatoms. The third-order valence-corrected chi connectivity index (χ3v) is 4.80. The molecule has 0 radical (unpaired) electrons. The van der Waals surface area contributed by atoms with Crippen LogP contribution in [0, 0.1) is 12.3 Å². The molecule has 0 bridgehead atoms. The minimum Gasteiger partial charge on any atom is -0.342 e. The lowest BCUT2D eigenvalue weighted by Crippen LogP contribution is -2.32. The van der Waals surface area contributed by atoms with Gasteiger partial charge in [-0.15, -0.1) is 6.42 Å². The van der Waals surface area contributed by atoms with Crippen LogP contribution in [0.2, 0.25) is 0 Å². The molecule has 4 rings (SSSR count). The van der Waals surface area contributed by atoms with Gasteiger partial charge in [0.25, 0.3) is 5.56 Å². The SMILES string of the molecule is C#CCn1cnc2nc(N3CCCCC3)n(Cc3ccccc3)c2c1=O. The molecule has 0 spiro atoms. The molecule has 0 aliphatic carbocycles. The molecule has 0 atom stereocenters. The zero-order valence-corrected chi connectivity index (χ0v) is 14.6. The Hall–Kier alpha value is -3.07. The molecule has 132 valence electrons. The Morgan fingerprint density at radius 2 is 1.88 bits per heavy atom. The maximum atomic E-state index is 13.0. The molecule has 1 aliphatic heterocycles. The number of hydrogen-bond acceptors (Lipinski definition) is 4. The Kier molecular flexibility index (Phi) is 4.44. The molecule has 1 fully saturated rings. The molecule has 0 amide bonds. The number of aromatic nitrogens is 4. The van der Waals surface area contributed by atoms with E-state index >= 15 is 0 Å². The number of terminal acetylenes is 1. The van der Waals surface area contributed by atoms with Crippen LogP contribution in [0.1, 0.15) is 24.8 Å². The lowest BCUT2D eigenvalue weighted by Gasteiger charge is -2.28. The van der Waals surface area contributed by atoms with Crippen LogP contribution >= 0.6 is 0 Å². The number of nitrogens with zero attached hydrogens (tertiary/aromatic N) is 5. The van der Waals surface area contributed by atoms with E-state index in [1.165, 1.54) is 17.3 Å². The largest absolute Gasteiger partial charge is 0.342 e. The summed E-state index contributed by atoms with van der Waals surface area (Å²) in [4.78, 5) is 24.3. The van der Waals surface area contributed by atoms with E-state index in [4.69, 9.17) is 11.4 Å². The topological polar surface area (TPSA) is 56.0 Å². The monoisotopic (exact) mass is 347 g/mol. The van der Waals surface area contributed by atoms with Gasteiger partial charge in [-0.1, -0.05) is 36.3 Å². The maximum absolute atomic E-state index is 13.0. The number of hydrogen-bond donors (Lipinski definition) is 0. The van der Waals surface area contributed by atoms with Crippen LogP contribution in [0.4, 0.5) is 5.95 Å². The molecule has 0 unspecified atom stereocenters. The van der Waals surface area contributed by atoms with Gasteiger partial charge in [-0.2, -0.15) is 4.98 Å². The number of piperidine rings is 1. The highest BCUT2D eigenvalue weighted by molar-refractivity contribution is 5.74.